The molecule has 0 saturated carbocycles. The topological polar surface area (TPSA) is 41.5 Å². The van der Waals surface area contributed by atoms with Crippen molar-refractivity contribution in [3.63, 3.8) is 0 Å². The summed E-state index contributed by atoms with van der Waals surface area (Å²) < 4.78 is 13.4. The lowest BCUT2D eigenvalue weighted by Gasteiger charge is -2.01. The quantitative estimate of drug-likeness (QED) is 0.678. The Morgan fingerprint density at radius 1 is 1.20 bits per heavy atom. The summed E-state index contributed by atoms with van der Waals surface area (Å²) in [6.07, 6.45) is 1.36. The fourth-order valence-corrected chi connectivity index (χ4v) is 1.93. The molecule has 0 fully saturated rings. The lowest BCUT2D eigenvalue weighted by molar-refractivity contribution is 0.0951. The molecule has 2 rings (SSSR count). The summed E-state index contributed by atoms with van der Waals surface area (Å²) in [5, 5.41) is 4.64. The molecule has 1 N–H and O–H groups in total. The zero-order valence-corrected chi connectivity index (χ0v) is 11.6. The fraction of sp³-hybridized carbons (Fsp3) is 0. The van der Waals surface area contributed by atoms with Crippen LogP contribution in [0.5, 0.6) is 0 Å². The monoisotopic (exact) mass is 310 g/mol. The molecule has 102 valence electrons. The maximum absolute atomic E-state index is 13.4. The van der Waals surface area contributed by atoms with Crippen molar-refractivity contribution in [3.8, 4) is 0 Å². The first-order valence-electron chi connectivity index (χ1n) is 5.61. The van der Waals surface area contributed by atoms with Gasteiger partial charge >= 0.3 is 0 Å². The predicted octanol–water partition coefficient (Wildman–Crippen LogP) is 3.90. The highest BCUT2D eigenvalue weighted by atomic mass is 35.5. The van der Waals surface area contributed by atoms with Crippen LogP contribution in [0.15, 0.2) is 47.6 Å². The summed E-state index contributed by atoms with van der Waals surface area (Å²) in [4.78, 5) is 11.7. The third-order valence-corrected chi connectivity index (χ3v) is 3.01. The first kappa shape index (κ1) is 14.5. The van der Waals surface area contributed by atoms with E-state index in [4.69, 9.17) is 23.2 Å². The van der Waals surface area contributed by atoms with Crippen molar-refractivity contribution in [2.75, 3.05) is 0 Å². The molecule has 0 heterocycles. The Hall–Kier alpha value is -1.91. The van der Waals surface area contributed by atoms with Gasteiger partial charge in [0.15, 0.2) is 0 Å². The van der Waals surface area contributed by atoms with Crippen LogP contribution in [0.3, 0.4) is 0 Å². The molecule has 1 amide bonds. The maximum atomic E-state index is 13.4. The predicted molar refractivity (Wildman–Crippen MR) is 77.9 cm³/mol. The molecule has 20 heavy (non-hydrogen) atoms. The minimum absolute atomic E-state index is 0.0770. The van der Waals surface area contributed by atoms with Gasteiger partial charge in [-0.3, -0.25) is 4.79 Å². The van der Waals surface area contributed by atoms with Crippen LogP contribution >= 0.6 is 23.2 Å². The van der Waals surface area contributed by atoms with E-state index in [1.54, 1.807) is 24.3 Å². The van der Waals surface area contributed by atoms with Crippen LogP contribution in [0.2, 0.25) is 10.0 Å². The van der Waals surface area contributed by atoms with E-state index in [2.05, 4.69) is 10.5 Å². The number of rotatable bonds is 3. The van der Waals surface area contributed by atoms with Crippen LogP contribution in [-0.4, -0.2) is 12.1 Å². The second kappa shape index (κ2) is 6.50. The van der Waals surface area contributed by atoms with E-state index < -0.39 is 11.7 Å². The molecule has 0 spiro atoms. The fourth-order valence-electron chi connectivity index (χ4n) is 1.47. The average Bonchev–Trinajstić information content (AvgIpc) is 2.41. The molecule has 0 aliphatic heterocycles. The number of hydrazone groups is 1. The number of carbonyl (C=O) groups excluding carboxylic acids is 1. The van der Waals surface area contributed by atoms with Crippen molar-refractivity contribution in [2.45, 2.75) is 0 Å². The molecular formula is C14H9Cl2FN2O. The third kappa shape index (κ3) is 3.56. The van der Waals surface area contributed by atoms with Gasteiger partial charge in [0.2, 0.25) is 0 Å². The van der Waals surface area contributed by atoms with Gasteiger partial charge in [-0.05, 0) is 24.3 Å². The van der Waals surface area contributed by atoms with E-state index >= 15 is 0 Å². The highest BCUT2D eigenvalue weighted by molar-refractivity contribution is 6.36. The molecule has 0 radical (unpaired) electrons. The number of nitrogens with one attached hydrogen (secondary N) is 1. The molecule has 0 aromatic heterocycles. The molecule has 0 atom stereocenters. The molecule has 0 aliphatic rings. The van der Waals surface area contributed by atoms with E-state index in [-0.39, 0.29) is 5.56 Å². The Balaban J connectivity index is 2.07. The number of carbonyl (C=O) groups is 1. The third-order valence-electron chi connectivity index (χ3n) is 2.45. The zero-order valence-electron chi connectivity index (χ0n) is 10.1. The number of amides is 1. The SMILES string of the molecule is O=C(N/N=C\c1ccc(Cl)cc1Cl)c1ccccc1F. The van der Waals surface area contributed by atoms with Crippen molar-refractivity contribution >= 4 is 35.3 Å². The minimum Gasteiger partial charge on any atom is -0.267 e. The number of nitrogens with zero attached hydrogens (tertiary/aromatic N) is 1. The molecule has 2 aromatic rings. The Morgan fingerprint density at radius 2 is 1.95 bits per heavy atom. The molecule has 3 nitrogen and oxygen atoms in total. The lowest BCUT2D eigenvalue weighted by Crippen LogP contribution is -2.18. The molecule has 0 aliphatic carbocycles. The Labute approximate surface area is 125 Å². The molecule has 2 aromatic carbocycles. The highest BCUT2D eigenvalue weighted by Gasteiger charge is 2.09. The summed E-state index contributed by atoms with van der Waals surface area (Å²) in [5.41, 5.74) is 2.74. The Morgan fingerprint density at radius 3 is 2.65 bits per heavy atom. The van der Waals surface area contributed by atoms with E-state index in [1.807, 2.05) is 0 Å². The van der Waals surface area contributed by atoms with Crippen LogP contribution in [0.4, 0.5) is 4.39 Å². The second-order valence-electron chi connectivity index (χ2n) is 3.84. The molecule has 0 saturated heterocycles. The Bertz CT molecular complexity index is 674. The average molecular weight is 311 g/mol. The first-order valence-corrected chi connectivity index (χ1v) is 6.36. The second-order valence-corrected chi connectivity index (χ2v) is 4.69. The van der Waals surface area contributed by atoms with E-state index in [1.165, 1.54) is 24.4 Å². The summed E-state index contributed by atoms with van der Waals surface area (Å²) in [6, 6.07) is 10.5. The summed E-state index contributed by atoms with van der Waals surface area (Å²) in [6.45, 7) is 0. The molecule has 0 unspecified atom stereocenters. The smallest absolute Gasteiger partial charge is 0.267 e. The first-order chi connectivity index (χ1) is 9.58. The van der Waals surface area contributed by atoms with Crippen molar-refractivity contribution in [1.29, 1.82) is 0 Å². The van der Waals surface area contributed by atoms with E-state index in [0.717, 1.165) is 0 Å². The van der Waals surface area contributed by atoms with E-state index in [9.17, 15) is 9.18 Å². The van der Waals surface area contributed by atoms with Gasteiger partial charge in [0, 0.05) is 10.6 Å². The standard InChI is InChI=1S/C14H9Cl2FN2O/c15-10-6-5-9(12(16)7-10)8-18-19-14(20)11-3-1-2-4-13(11)17/h1-8H,(H,19,20)/b18-8-. The van der Waals surface area contributed by atoms with Crippen molar-refractivity contribution in [1.82, 2.24) is 5.43 Å². The largest absolute Gasteiger partial charge is 0.274 e. The van der Waals surface area contributed by atoms with Gasteiger partial charge in [-0.25, -0.2) is 9.82 Å². The van der Waals surface area contributed by atoms with Crippen LogP contribution in [0.1, 0.15) is 15.9 Å². The highest BCUT2D eigenvalue weighted by Crippen LogP contribution is 2.19. The Kier molecular flexibility index (Phi) is 4.71. The van der Waals surface area contributed by atoms with Crippen LogP contribution in [0.25, 0.3) is 0 Å². The van der Waals surface area contributed by atoms with Crippen molar-refractivity contribution in [3.05, 3.63) is 69.5 Å². The van der Waals surface area contributed by atoms with Gasteiger partial charge in [0.05, 0.1) is 16.8 Å². The normalized spacial score (nSPS) is 10.8. The molecular weight excluding hydrogens is 302 g/mol. The zero-order chi connectivity index (χ0) is 14.5. The summed E-state index contributed by atoms with van der Waals surface area (Å²) in [5.74, 6) is -1.24. The van der Waals surface area contributed by atoms with Gasteiger partial charge in [-0.1, -0.05) is 41.4 Å². The van der Waals surface area contributed by atoms with Gasteiger partial charge < -0.3 is 0 Å². The van der Waals surface area contributed by atoms with Crippen molar-refractivity contribution in [2.24, 2.45) is 5.10 Å². The van der Waals surface area contributed by atoms with Crippen LogP contribution < -0.4 is 5.43 Å². The van der Waals surface area contributed by atoms with Crippen LogP contribution in [-0.2, 0) is 0 Å². The van der Waals surface area contributed by atoms with Gasteiger partial charge in [0.25, 0.3) is 5.91 Å². The molecule has 0 bridgehead atoms. The summed E-state index contributed by atoms with van der Waals surface area (Å²) in [7, 11) is 0. The maximum Gasteiger partial charge on any atom is 0.274 e. The number of halogens is 3. The van der Waals surface area contributed by atoms with Crippen molar-refractivity contribution < 1.29 is 9.18 Å². The van der Waals surface area contributed by atoms with Gasteiger partial charge in [0.1, 0.15) is 5.82 Å². The number of hydrogen-bond donors (Lipinski definition) is 1. The molecule has 6 heteroatoms. The lowest BCUT2D eigenvalue weighted by atomic mass is 10.2. The minimum atomic E-state index is -0.635. The number of benzene rings is 2. The number of hydrogen-bond acceptors (Lipinski definition) is 2. The summed E-state index contributed by atoms with van der Waals surface area (Å²) >= 11 is 11.7. The van der Waals surface area contributed by atoms with Gasteiger partial charge in [-0.2, -0.15) is 5.10 Å². The van der Waals surface area contributed by atoms with E-state index in [0.29, 0.717) is 15.6 Å². The van der Waals surface area contributed by atoms with Crippen LogP contribution in [0, 0.1) is 5.82 Å². The van der Waals surface area contributed by atoms with Gasteiger partial charge in [-0.15, -0.1) is 0 Å².